The quantitative estimate of drug-likeness (QED) is 0.393. The predicted octanol–water partition coefficient (Wildman–Crippen LogP) is 4.57. The average molecular weight is 326 g/mol. The zero-order valence-electron chi connectivity index (χ0n) is 9.71. The van der Waals surface area contributed by atoms with Gasteiger partial charge in [-0.2, -0.15) is 0 Å². The van der Waals surface area contributed by atoms with Crippen molar-refractivity contribution in [2.24, 2.45) is 0 Å². The molecule has 100 valence electrons. The maximum absolute atomic E-state index is 11.1. The van der Waals surface area contributed by atoms with Crippen molar-refractivity contribution in [1.29, 1.82) is 0 Å². The molecular formula is C12H5Cl2N3O2S. The number of hydrogen-bond donors (Lipinski definition) is 0. The van der Waals surface area contributed by atoms with Crippen LogP contribution >= 0.6 is 34.5 Å². The van der Waals surface area contributed by atoms with Gasteiger partial charge in [0, 0.05) is 10.9 Å². The summed E-state index contributed by atoms with van der Waals surface area (Å²) in [6, 6.07) is 6.30. The first-order valence-corrected chi connectivity index (χ1v) is 6.98. The van der Waals surface area contributed by atoms with Gasteiger partial charge in [0.25, 0.3) is 5.69 Å². The summed E-state index contributed by atoms with van der Waals surface area (Å²) in [4.78, 5) is 19.3. The summed E-state index contributed by atoms with van der Waals surface area (Å²) >= 11 is 13.4. The Kier molecular flexibility index (Phi) is 3.29. The lowest BCUT2D eigenvalue weighted by atomic mass is 10.1. The first kappa shape index (κ1) is 13.2. The number of nitro groups is 1. The molecule has 0 atom stereocenters. The minimum atomic E-state index is -0.459. The third kappa shape index (κ3) is 2.11. The second-order valence-electron chi connectivity index (χ2n) is 3.88. The average Bonchev–Trinajstić information content (AvgIpc) is 2.83. The first-order valence-electron chi connectivity index (χ1n) is 5.41. The van der Waals surface area contributed by atoms with Crippen molar-refractivity contribution in [2.75, 3.05) is 0 Å². The van der Waals surface area contributed by atoms with E-state index >= 15 is 0 Å². The summed E-state index contributed by atoms with van der Waals surface area (Å²) < 4.78 is 0.679. The maximum atomic E-state index is 11.1. The Morgan fingerprint density at radius 3 is 2.75 bits per heavy atom. The van der Waals surface area contributed by atoms with Gasteiger partial charge in [-0.15, -0.1) is 11.3 Å². The van der Waals surface area contributed by atoms with Crippen LogP contribution in [0.5, 0.6) is 0 Å². The highest BCUT2D eigenvalue weighted by Crippen LogP contribution is 2.42. The van der Waals surface area contributed by atoms with E-state index in [1.807, 2.05) is 0 Å². The molecule has 1 aromatic carbocycles. The van der Waals surface area contributed by atoms with Gasteiger partial charge < -0.3 is 0 Å². The van der Waals surface area contributed by atoms with Crippen LogP contribution in [0.3, 0.4) is 0 Å². The molecule has 20 heavy (non-hydrogen) atoms. The standard InChI is InChI=1S/C12H5Cl2N3O2S/c13-6-2-1-3-8(17(18)19)10(6)9-4-7-11(20-9)12(14)16-5-15-7/h1-5H. The SMILES string of the molecule is O=[N+]([O-])c1cccc(Cl)c1-c1cc2ncnc(Cl)c2s1. The van der Waals surface area contributed by atoms with Gasteiger partial charge in [0.1, 0.15) is 11.5 Å². The van der Waals surface area contributed by atoms with Gasteiger partial charge in [0.2, 0.25) is 0 Å². The molecule has 0 aliphatic rings. The van der Waals surface area contributed by atoms with Gasteiger partial charge in [-0.25, -0.2) is 9.97 Å². The number of hydrogen-bond acceptors (Lipinski definition) is 5. The van der Waals surface area contributed by atoms with E-state index in [9.17, 15) is 10.1 Å². The van der Waals surface area contributed by atoms with Crippen LogP contribution in [0, 0.1) is 10.1 Å². The molecule has 3 rings (SSSR count). The Morgan fingerprint density at radius 2 is 2.05 bits per heavy atom. The Bertz CT molecular complexity index is 835. The highest BCUT2D eigenvalue weighted by Gasteiger charge is 2.21. The second-order valence-corrected chi connectivity index (χ2v) is 5.70. The summed E-state index contributed by atoms with van der Waals surface area (Å²) in [7, 11) is 0. The topological polar surface area (TPSA) is 68.9 Å². The molecule has 5 nitrogen and oxygen atoms in total. The lowest BCUT2D eigenvalue weighted by Gasteiger charge is -2.02. The highest BCUT2D eigenvalue weighted by atomic mass is 35.5. The molecule has 0 spiro atoms. The van der Waals surface area contributed by atoms with Gasteiger partial charge >= 0.3 is 0 Å². The molecule has 8 heteroatoms. The van der Waals surface area contributed by atoms with E-state index in [1.165, 1.54) is 23.7 Å². The van der Waals surface area contributed by atoms with E-state index in [1.54, 1.807) is 18.2 Å². The van der Waals surface area contributed by atoms with Crippen LogP contribution in [0.4, 0.5) is 5.69 Å². The smallest absolute Gasteiger partial charge is 0.258 e. The normalized spacial score (nSPS) is 10.9. The maximum Gasteiger partial charge on any atom is 0.279 e. The molecule has 0 saturated carbocycles. The number of aromatic nitrogens is 2. The molecular weight excluding hydrogens is 321 g/mol. The van der Waals surface area contributed by atoms with Gasteiger partial charge in [0.15, 0.2) is 0 Å². The fraction of sp³-hybridized carbons (Fsp3) is 0. The largest absolute Gasteiger partial charge is 0.279 e. The van der Waals surface area contributed by atoms with Gasteiger partial charge in [0.05, 0.1) is 25.7 Å². The van der Waals surface area contributed by atoms with Crippen LogP contribution in [0.2, 0.25) is 10.2 Å². The number of thiophene rings is 1. The third-order valence-electron chi connectivity index (χ3n) is 2.70. The van der Waals surface area contributed by atoms with Gasteiger partial charge in [-0.3, -0.25) is 10.1 Å². The minimum absolute atomic E-state index is 0.0480. The zero-order chi connectivity index (χ0) is 14.3. The van der Waals surface area contributed by atoms with E-state index in [0.29, 0.717) is 30.8 Å². The number of halogens is 2. The van der Waals surface area contributed by atoms with Crippen molar-refractivity contribution < 1.29 is 4.92 Å². The number of benzene rings is 1. The summed E-state index contributed by atoms with van der Waals surface area (Å²) in [5.74, 6) is 0. The Hall–Kier alpha value is -1.76. The van der Waals surface area contributed by atoms with Crippen molar-refractivity contribution >= 4 is 50.4 Å². The lowest BCUT2D eigenvalue weighted by molar-refractivity contribution is -0.384. The summed E-state index contributed by atoms with van der Waals surface area (Å²) in [6.45, 7) is 0. The van der Waals surface area contributed by atoms with Crippen molar-refractivity contribution in [3.05, 3.63) is 50.9 Å². The number of nitrogens with zero attached hydrogens (tertiary/aromatic N) is 3. The molecule has 0 unspecified atom stereocenters. The molecule has 0 amide bonds. The summed E-state index contributed by atoms with van der Waals surface area (Å²) in [6.07, 6.45) is 1.35. The van der Waals surface area contributed by atoms with Crippen molar-refractivity contribution in [3.8, 4) is 10.4 Å². The summed E-state index contributed by atoms with van der Waals surface area (Å²) in [5, 5.41) is 11.8. The molecule has 2 heterocycles. The predicted molar refractivity (Wildman–Crippen MR) is 79.5 cm³/mol. The fourth-order valence-corrected chi connectivity index (χ4v) is 3.50. The van der Waals surface area contributed by atoms with E-state index in [-0.39, 0.29) is 5.69 Å². The van der Waals surface area contributed by atoms with Gasteiger partial charge in [-0.05, 0) is 12.1 Å². The minimum Gasteiger partial charge on any atom is -0.258 e. The molecule has 0 N–H and O–H groups in total. The Morgan fingerprint density at radius 1 is 1.25 bits per heavy atom. The second kappa shape index (κ2) is 4.97. The van der Waals surface area contributed by atoms with E-state index in [0.717, 1.165) is 0 Å². The van der Waals surface area contributed by atoms with Crippen LogP contribution < -0.4 is 0 Å². The molecule has 0 aliphatic carbocycles. The molecule has 0 radical (unpaired) electrons. The summed E-state index contributed by atoms with van der Waals surface area (Å²) in [5.41, 5.74) is 0.964. The molecule has 0 bridgehead atoms. The van der Waals surface area contributed by atoms with Crippen LogP contribution in [0.15, 0.2) is 30.6 Å². The van der Waals surface area contributed by atoms with E-state index in [4.69, 9.17) is 23.2 Å². The number of rotatable bonds is 2. The monoisotopic (exact) mass is 325 g/mol. The molecule has 3 aromatic rings. The first-order chi connectivity index (χ1) is 9.58. The lowest BCUT2D eigenvalue weighted by Crippen LogP contribution is -1.91. The van der Waals surface area contributed by atoms with Crippen LogP contribution in [0.1, 0.15) is 0 Å². The molecule has 2 aromatic heterocycles. The highest BCUT2D eigenvalue weighted by molar-refractivity contribution is 7.22. The Balaban J connectivity index is 2.31. The van der Waals surface area contributed by atoms with E-state index < -0.39 is 4.92 Å². The van der Waals surface area contributed by atoms with Gasteiger partial charge in [-0.1, -0.05) is 29.3 Å². The fourth-order valence-electron chi connectivity index (χ4n) is 1.86. The molecule has 0 fully saturated rings. The van der Waals surface area contributed by atoms with Crippen LogP contribution in [-0.4, -0.2) is 14.9 Å². The number of fused-ring (bicyclic) bond motifs is 1. The van der Waals surface area contributed by atoms with Crippen molar-refractivity contribution in [3.63, 3.8) is 0 Å². The molecule has 0 aliphatic heterocycles. The molecule has 0 saturated heterocycles. The van der Waals surface area contributed by atoms with Crippen LogP contribution in [0.25, 0.3) is 20.7 Å². The number of nitro benzene ring substituents is 1. The Labute approximate surface area is 127 Å². The van der Waals surface area contributed by atoms with Crippen molar-refractivity contribution in [2.45, 2.75) is 0 Å². The van der Waals surface area contributed by atoms with Crippen molar-refractivity contribution in [1.82, 2.24) is 9.97 Å². The zero-order valence-corrected chi connectivity index (χ0v) is 12.0. The van der Waals surface area contributed by atoms with Crippen LogP contribution in [-0.2, 0) is 0 Å². The van der Waals surface area contributed by atoms with E-state index in [2.05, 4.69) is 9.97 Å². The third-order valence-corrected chi connectivity index (χ3v) is 4.56.